The number of phosphoric acid groups is 1. The van der Waals surface area contributed by atoms with Gasteiger partial charge in [0.25, 0.3) is 0 Å². The Bertz CT molecular complexity index is 1090. The summed E-state index contributed by atoms with van der Waals surface area (Å²) >= 11 is 0. The Hall–Kier alpha value is -1.51. The quantitative estimate of drug-likeness (QED) is 0.0212. The highest BCUT2D eigenvalue weighted by Crippen LogP contribution is 2.43. The highest BCUT2D eigenvalue weighted by atomic mass is 31.2. The van der Waals surface area contributed by atoms with Crippen LogP contribution in [0, 0.1) is 0 Å². The van der Waals surface area contributed by atoms with Crippen molar-refractivity contribution in [3.63, 3.8) is 0 Å². The van der Waals surface area contributed by atoms with Crippen molar-refractivity contribution in [1.82, 2.24) is 0 Å². The van der Waals surface area contributed by atoms with Gasteiger partial charge < -0.3 is 18.9 Å². The van der Waals surface area contributed by atoms with E-state index in [9.17, 15) is 19.0 Å². The van der Waals surface area contributed by atoms with Crippen molar-refractivity contribution in [3.8, 4) is 0 Å². The summed E-state index contributed by atoms with van der Waals surface area (Å²) in [5, 5.41) is 0. The minimum Gasteiger partial charge on any atom is -0.462 e. The van der Waals surface area contributed by atoms with Crippen molar-refractivity contribution < 1.29 is 42.1 Å². The van der Waals surface area contributed by atoms with Gasteiger partial charge in [-0.05, 0) is 38.5 Å². The number of rotatable bonds is 47. The van der Waals surface area contributed by atoms with Crippen LogP contribution in [0.3, 0.4) is 0 Å². The number of hydrogen-bond donors (Lipinski definition) is 1. The minimum atomic E-state index is -4.38. The van der Waals surface area contributed by atoms with Gasteiger partial charge in [0, 0.05) is 12.8 Å². The predicted octanol–water partition coefficient (Wildman–Crippen LogP) is 15.1. The Balaban J connectivity index is 4.17. The number of esters is 2. The van der Waals surface area contributed by atoms with Crippen LogP contribution in [0.4, 0.5) is 0 Å². The number of nitrogens with zero attached hydrogens (tertiary/aromatic N) is 1. The average molecular weight is 885 g/mol. The summed E-state index contributed by atoms with van der Waals surface area (Å²) < 4.78 is 34.4. The second-order valence-electron chi connectivity index (χ2n) is 18.6. The number of ether oxygens (including phenoxy) is 2. The third-order valence-corrected chi connectivity index (χ3v) is 12.2. The molecule has 9 nitrogen and oxygen atoms in total. The summed E-state index contributed by atoms with van der Waals surface area (Å²) in [4.78, 5) is 35.5. The topological polar surface area (TPSA) is 108 Å². The first kappa shape index (κ1) is 59.5. The highest BCUT2D eigenvalue weighted by Gasteiger charge is 2.27. The minimum absolute atomic E-state index is 0.0308. The summed E-state index contributed by atoms with van der Waals surface area (Å²) in [6.45, 7) is 4.40. The van der Waals surface area contributed by atoms with Crippen LogP contribution in [0.25, 0.3) is 0 Å². The fourth-order valence-corrected chi connectivity index (χ4v) is 7.95. The molecule has 2 atom stereocenters. The lowest BCUT2D eigenvalue weighted by atomic mass is 10.0. The summed E-state index contributed by atoms with van der Waals surface area (Å²) in [5.74, 6) is -0.803. The van der Waals surface area contributed by atoms with E-state index >= 15 is 0 Å². The van der Waals surface area contributed by atoms with Gasteiger partial charge in [0.1, 0.15) is 19.8 Å². The molecule has 0 bridgehead atoms. The van der Waals surface area contributed by atoms with Crippen molar-refractivity contribution >= 4 is 19.8 Å². The first-order valence-electron chi connectivity index (χ1n) is 25.6. The predicted molar refractivity (Wildman–Crippen MR) is 257 cm³/mol. The molecule has 10 heteroatoms. The van der Waals surface area contributed by atoms with Crippen molar-refractivity contribution in [2.45, 2.75) is 245 Å². The fraction of sp³-hybridized carbons (Fsp3) is 0.882. The summed E-state index contributed by atoms with van der Waals surface area (Å²) in [5.41, 5.74) is 0. The van der Waals surface area contributed by atoms with Gasteiger partial charge in [-0.1, -0.05) is 212 Å². The van der Waals surface area contributed by atoms with Crippen LogP contribution in [0.2, 0.25) is 0 Å². The van der Waals surface area contributed by atoms with Crippen molar-refractivity contribution in [2.75, 3.05) is 47.5 Å². The molecular formula is C51H99NO8P+. The van der Waals surface area contributed by atoms with Gasteiger partial charge in [-0.3, -0.25) is 18.6 Å². The normalized spacial score (nSPS) is 13.6. The first-order chi connectivity index (χ1) is 29.5. The zero-order valence-corrected chi connectivity index (χ0v) is 41.6. The van der Waals surface area contributed by atoms with E-state index < -0.39 is 26.5 Å². The van der Waals surface area contributed by atoms with E-state index in [1.54, 1.807) is 0 Å². The van der Waals surface area contributed by atoms with Crippen molar-refractivity contribution in [3.05, 3.63) is 24.3 Å². The standard InChI is InChI=1S/C51H98NO8P/c1-6-8-10-12-14-16-18-20-22-23-24-25-26-27-28-29-30-32-33-35-37-39-41-43-50(53)57-47-49(48-59-61(55,56)58-46-45-52(3,4)5)60-51(54)44-42-40-38-36-34-31-21-19-17-15-13-11-9-7-2/h13,15,19,21,49H,6-12,14,16-18,20,22-48H2,1-5H3/p+1/b15-13+,21-19+/t49-/m0/s1. The SMILES string of the molecule is CCCC/C=C/C/C=C/CCCCCCCC(=O)O[C@@H](COC(=O)CCCCCCCCCCCCCCCCCCCCCCCCC)COP(=O)(O)OCC[N+](C)(C)C. The number of phosphoric ester groups is 1. The average Bonchev–Trinajstić information content (AvgIpc) is 3.21. The lowest BCUT2D eigenvalue weighted by Crippen LogP contribution is -2.37. The number of likely N-dealkylation sites (N-methyl/N-ethyl adjacent to an activating group) is 1. The van der Waals surface area contributed by atoms with Gasteiger partial charge in [-0.2, -0.15) is 0 Å². The zero-order chi connectivity index (χ0) is 45.0. The van der Waals surface area contributed by atoms with E-state index in [0.29, 0.717) is 23.9 Å². The first-order valence-corrected chi connectivity index (χ1v) is 27.1. The summed E-state index contributed by atoms with van der Waals surface area (Å²) in [6.07, 6.45) is 49.5. The van der Waals surface area contributed by atoms with Crippen molar-refractivity contribution in [1.29, 1.82) is 0 Å². The summed E-state index contributed by atoms with van der Waals surface area (Å²) in [6, 6.07) is 0. The van der Waals surface area contributed by atoms with Crippen LogP contribution in [-0.4, -0.2) is 74.9 Å². The molecule has 0 aromatic rings. The molecule has 1 unspecified atom stereocenters. The molecule has 0 saturated heterocycles. The molecule has 0 aliphatic heterocycles. The van der Waals surface area contributed by atoms with Crippen LogP contribution in [-0.2, 0) is 32.7 Å². The van der Waals surface area contributed by atoms with Gasteiger partial charge in [0.05, 0.1) is 27.7 Å². The van der Waals surface area contributed by atoms with E-state index in [1.807, 2.05) is 21.1 Å². The molecule has 0 aromatic heterocycles. The summed E-state index contributed by atoms with van der Waals surface area (Å²) in [7, 11) is 1.48. The Morgan fingerprint density at radius 1 is 0.508 bits per heavy atom. The number of carbonyl (C=O) groups excluding carboxylic acids is 2. The maximum atomic E-state index is 12.7. The van der Waals surface area contributed by atoms with Crippen LogP contribution >= 0.6 is 7.82 Å². The number of unbranched alkanes of at least 4 members (excludes halogenated alkanes) is 29. The fourth-order valence-electron chi connectivity index (χ4n) is 7.21. The van der Waals surface area contributed by atoms with E-state index in [-0.39, 0.29) is 25.6 Å². The van der Waals surface area contributed by atoms with E-state index in [1.165, 1.54) is 141 Å². The van der Waals surface area contributed by atoms with Crippen LogP contribution in [0.15, 0.2) is 24.3 Å². The number of carbonyl (C=O) groups is 2. The molecule has 0 amide bonds. The van der Waals surface area contributed by atoms with Gasteiger partial charge in [-0.25, -0.2) is 4.57 Å². The second kappa shape index (κ2) is 43.7. The zero-order valence-electron chi connectivity index (χ0n) is 40.7. The molecule has 61 heavy (non-hydrogen) atoms. The van der Waals surface area contributed by atoms with Gasteiger partial charge in [0.2, 0.25) is 0 Å². The van der Waals surface area contributed by atoms with Crippen LogP contribution < -0.4 is 0 Å². The molecule has 1 N–H and O–H groups in total. The highest BCUT2D eigenvalue weighted by molar-refractivity contribution is 7.47. The number of hydrogen-bond acceptors (Lipinski definition) is 7. The molecule has 0 rings (SSSR count). The molecule has 0 radical (unpaired) electrons. The number of allylic oxidation sites excluding steroid dienone is 4. The lowest BCUT2D eigenvalue weighted by molar-refractivity contribution is -0.870. The van der Waals surface area contributed by atoms with E-state index in [4.69, 9.17) is 18.5 Å². The third-order valence-electron chi connectivity index (χ3n) is 11.2. The van der Waals surface area contributed by atoms with E-state index in [0.717, 1.165) is 64.2 Å². The van der Waals surface area contributed by atoms with Crippen LogP contribution in [0.5, 0.6) is 0 Å². The smallest absolute Gasteiger partial charge is 0.462 e. The monoisotopic (exact) mass is 885 g/mol. The van der Waals surface area contributed by atoms with Gasteiger partial charge in [-0.15, -0.1) is 0 Å². The third kappa shape index (κ3) is 47.8. The maximum Gasteiger partial charge on any atom is 0.472 e. The molecule has 0 fully saturated rings. The Morgan fingerprint density at radius 2 is 0.902 bits per heavy atom. The van der Waals surface area contributed by atoms with Gasteiger partial charge >= 0.3 is 19.8 Å². The molecule has 0 aliphatic rings. The van der Waals surface area contributed by atoms with E-state index in [2.05, 4.69) is 38.2 Å². The molecule has 0 heterocycles. The van der Waals surface area contributed by atoms with Crippen molar-refractivity contribution in [2.24, 2.45) is 0 Å². The molecule has 0 saturated carbocycles. The van der Waals surface area contributed by atoms with Gasteiger partial charge in [0.15, 0.2) is 6.10 Å². The Morgan fingerprint density at radius 3 is 1.34 bits per heavy atom. The number of quaternary nitrogens is 1. The molecule has 0 spiro atoms. The largest absolute Gasteiger partial charge is 0.472 e. The van der Waals surface area contributed by atoms with Crippen LogP contribution in [0.1, 0.15) is 239 Å². The molecule has 0 aromatic carbocycles. The molecule has 0 aliphatic carbocycles. The second-order valence-corrected chi connectivity index (χ2v) is 20.0. The molecule has 360 valence electrons. The maximum absolute atomic E-state index is 12.7. The lowest BCUT2D eigenvalue weighted by Gasteiger charge is -2.24. The Labute approximate surface area is 377 Å². The Kier molecular flexibility index (Phi) is 42.6. The molecular weight excluding hydrogens is 786 g/mol.